The Kier molecular flexibility index (Phi) is 4.50. The molecule has 1 amide bonds. The molecule has 4 fully saturated rings. The van der Waals surface area contributed by atoms with Gasteiger partial charge in [-0.05, 0) is 106 Å². The minimum Gasteiger partial charge on any atom is -0.350 e. The van der Waals surface area contributed by atoms with Gasteiger partial charge in [-0.15, -0.1) is 0 Å². The van der Waals surface area contributed by atoms with Crippen molar-refractivity contribution < 1.29 is 4.79 Å². The molecule has 166 valence electrons. The normalized spacial score (nSPS) is 28.4. The molecular formula is C28H33N3O. The lowest BCUT2D eigenvalue weighted by Crippen LogP contribution is -2.60. The Morgan fingerprint density at radius 1 is 1.00 bits per heavy atom. The van der Waals surface area contributed by atoms with Crippen LogP contribution in [0.15, 0.2) is 36.5 Å². The lowest BCUT2D eigenvalue weighted by Gasteiger charge is -2.56. The highest BCUT2D eigenvalue weighted by molar-refractivity contribution is 5.82. The van der Waals surface area contributed by atoms with Crippen molar-refractivity contribution in [1.29, 1.82) is 0 Å². The Labute approximate surface area is 190 Å². The van der Waals surface area contributed by atoms with Crippen LogP contribution in [0.5, 0.6) is 0 Å². The Morgan fingerprint density at radius 2 is 1.69 bits per heavy atom. The number of amides is 1. The molecule has 0 aliphatic heterocycles. The first-order valence-corrected chi connectivity index (χ1v) is 12.2. The van der Waals surface area contributed by atoms with Crippen LogP contribution in [0.3, 0.4) is 0 Å². The van der Waals surface area contributed by atoms with Gasteiger partial charge in [-0.1, -0.05) is 18.2 Å². The molecular weight excluding hydrogens is 394 g/mol. The molecule has 32 heavy (non-hydrogen) atoms. The number of pyridine rings is 1. The highest BCUT2D eigenvalue weighted by Crippen LogP contribution is 2.55. The summed E-state index contributed by atoms with van der Waals surface area (Å²) in [4.78, 5) is 18.5. The summed E-state index contributed by atoms with van der Waals surface area (Å²) in [5, 5.41) is 3.56. The Balaban J connectivity index is 1.35. The first-order chi connectivity index (χ1) is 15.4. The predicted molar refractivity (Wildman–Crippen MR) is 128 cm³/mol. The minimum atomic E-state index is 0.0445. The summed E-state index contributed by atoms with van der Waals surface area (Å²) in [5.41, 5.74) is 7.66. The number of benzene rings is 1. The highest BCUT2D eigenvalue weighted by Gasteiger charge is 2.51. The van der Waals surface area contributed by atoms with Crippen LogP contribution in [-0.4, -0.2) is 20.8 Å². The minimum absolute atomic E-state index is 0.0445. The molecule has 2 heterocycles. The van der Waals surface area contributed by atoms with Crippen LogP contribution in [0.4, 0.5) is 0 Å². The van der Waals surface area contributed by atoms with E-state index in [1.54, 1.807) is 0 Å². The monoisotopic (exact) mass is 427 g/mol. The van der Waals surface area contributed by atoms with E-state index in [1.807, 2.05) is 6.20 Å². The van der Waals surface area contributed by atoms with Gasteiger partial charge in [-0.3, -0.25) is 4.79 Å². The van der Waals surface area contributed by atoms with Crippen LogP contribution in [0, 0.1) is 38.5 Å². The molecule has 4 bridgehead atoms. The molecule has 0 atom stereocenters. The fraction of sp³-hybridized carbons (Fsp3) is 0.500. The van der Waals surface area contributed by atoms with Crippen molar-refractivity contribution in [1.82, 2.24) is 14.7 Å². The predicted octanol–water partition coefficient (Wildman–Crippen LogP) is 5.55. The number of aryl methyl sites for hydroxylation is 3. The number of carbonyl (C=O) groups excluding carboxylic acids is 1. The van der Waals surface area contributed by atoms with Crippen LogP contribution in [0.25, 0.3) is 16.9 Å². The van der Waals surface area contributed by atoms with Crippen LogP contribution in [0.2, 0.25) is 0 Å². The zero-order valence-electron chi connectivity index (χ0n) is 19.4. The van der Waals surface area contributed by atoms with Crippen molar-refractivity contribution in [2.24, 2.45) is 17.8 Å². The van der Waals surface area contributed by atoms with E-state index >= 15 is 0 Å². The molecule has 0 saturated heterocycles. The standard InChI is InChI=1S/C28H33N3O/c1-17-6-7-23(9-19(17)3)26-24(31-8-4-5-18(2)27(31)29-26)13-25(32)30-28-14-20-10-21(15-28)12-22(11-20)16-28/h4-9,20-22H,10-16H2,1-3H3,(H,30,32). The van der Waals surface area contributed by atoms with Gasteiger partial charge in [0.15, 0.2) is 0 Å². The molecule has 0 radical (unpaired) electrons. The van der Waals surface area contributed by atoms with Gasteiger partial charge in [0, 0.05) is 17.3 Å². The second-order valence-electron chi connectivity index (χ2n) is 11.0. The largest absolute Gasteiger partial charge is 0.350 e. The van der Waals surface area contributed by atoms with Gasteiger partial charge in [0.2, 0.25) is 5.91 Å². The molecule has 1 aromatic carbocycles. The fourth-order valence-electron chi connectivity index (χ4n) is 7.30. The third kappa shape index (κ3) is 3.27. The quantitative estimate of drug-likeness (QED) is 0.593. The molecule has 4 nitrogen and oxygen atoms in total. The highest BCUT2D eigenvalue weighted by atomic mass is 16.1. The zero-order valence-corrected chi connectivity index (χ0v) is 19.4. The van der Waals surface area contributed by atoms with Gasteiger partial charge in [-0.2, -0.15) is 0 Å². The number of fused-ring (bicyclic) bond motifs is 1. The summed E-state index contributed by atoms with van der Waals surface area (Å²) in [6.07, 6.45) is 10.1. The van der Waals surface area contributed by atoms with Crippen LogP contribution >= 0.6 is 0 Å². The molecule has 2 aromatic heterocycles. The van der Waals surface area contributed by atoms with Gasteiger partial charge in [0.1, 0.15) is 5.65 Å². The maximum Gasteiger partial charge on any atom is 0.226 e. The summed E-state index contributed by atoms with van der Waals surface area (Å²) in [6.45, 7) is 6.36. The van der Waals surface area contributed by atoms with E-state index in [1.165, 1.54) is 49.7 Å². The zero-order chi connectivity index (χ0) is 22.0. The fourth-order valence-corrected chi connectivity index (χ4v) is 7.30. The van der Waals surface area contributed by atoms with Crippen molar-refractivity contribution in [3.8, 4) is 11.3 Å². The lowest BCUT2D eigenvalue weighted by atomic mass is 9.53. The first kappa shape index (κ1) is 20.0. The van der Waals surface area contributed by atoms with Gasteiger partial charge < -0.3 is 9.72 Å². The first-order valence-electron chi connectivity index (χ1n) is 12.2. The van der Waals surface area contributed by atoms with Crippen LogP contribution in [-0.2, 0) is 11.2 Å². The maximum atomic E-state index is 13.5. The number of imidazole rings is 1. The topological polar surface area (TPSA) is 46.4 Å². The molecule has 4 aliphatic carbocycles. The van der Waals surface area contributed by atoms with E-state index in [4.69, 9.17) is 4.98 Å². The summed E-state index contributed by atoms with van der Waals surface area (Å²) in [6, 6.07) is 10.6. The summed E-state index contributed by atoms with van der Waals surface area (Å²) >= 11 is 0. The van der Waals surface area contributed by atoms with Crippen LogP contribution in [0.1, 0.15) is 60.9 Å². The molecule has 4 aliphatic rings. The van der Waals surface area contributed by atoms with Crippen molar-refractivity contribution in [2.75, 3.05) is 0 Å². The maximum absolute atomic E-state index is 13.5. The Morgan fingerprint density at radius 3 is 2.34 bits per heavy atom. The van der Waals surface area contributed by atoms with Gasteiger partial charge in [0.05, 0.1) is 17.8 Å². The van der Waals surface area contributed by atoms with E-state index in [2.05, 4.69) is 60.8 Å². The van der Waals surface area contributed by atoms with E-state index in [-0.39, 0.29) is 11.4 Å². The molecule has 3 aromatic rings. The lowest BCUT2D eigenvalue weighted by molar-refractivity contribution is -0.126. The van der Waals surface area contributed by atoms with Gasteiger partial charge in [0.25, 0.3) is 0 Å². The average molecular weight is 428 g/mol. The Hall–Kier alpha value is -2.62. The number of nitrogens with zero attached hydrogens (tertiary/aromatic N) is 2. The number of hydrogen-bond donors (Lipinski definition) is 1. The van der Waals surface area contributed by atoms with Gasteiger partial charge in [-0.25, -0.2) is 4.98 Å². The van der Waals surface area contributed by atoms with E-state index in [0.29, 0.717) is 6.42 Å². The number of carbonyl (C=O) groups is 1. The third-order valence-electron chi connectivity index (χ3n) is 8.50. The molecule has 4 heteroatoms. The summed E-state index contributed by atoms with van der Waals surface area (Å²) in [7, 11) is 0. The smallest absolute Gasteiger partial charge is 0.226 e. The van der Waals surface area contributed by atoms with Crippen molar-refractivity contribution in [2.45, 2.75) is 71.3 Å². The second-order valence-corrected chi connectivity index (χ2v) is 11.0. The molecule has 0 spiro atoms. The molecule has 0 unspecified atom stereocenters. The summed E-state index contributed by atoms with van der Waals surface area (Å²) < 4.78 is 2.12. The molecule has 1 N–H and O–H groups in total. The van der Waals surface area contributed by atoms with Crippen molar-refractivity contribution in [3.05, 3.63) is 58.9 Å². The number of aromatic nitrogens is 2. The Bertz CT molecular complexity index is 1190. The van der Waals surface area contributed by atoms with Crippen LogP contribution < -0.4 is 5.32 Å². The number of hydrogen-bond acceptors (Lipinski definition) is 2. The van der Waals surface area contributed by atoms with E-state index < -0.39 is 0 Å². The van der Waals surface area contributed by atoms with Gasteiger partial charge >= 0.3 is 0 Å². The molecule has 4 saturated carbocycles. The van der Waals surface area contributed by atoms with E-state index in [0.717, 1.165) is 45.9 Å². The molecule has 7 rings (SSSR count). The van der Waals surface area contributed by atoms with E-state index in [9.17, 15) is 4.79 Å². The number of rotatable bonds is 4. The van der Waals surface area contributed by atoms with Crippen molar-refractivity contribution in [3.63, 3.8) is 0 Å². The van der Waals surface area contributed by atoms with Crippen molar-refractivity contribution >= 4 is 11.6 Å². The third-order valence-corrected chi connectivity index (χ3v) is 8.50. The summed E-state index contributed by atoms with van der Waals surface area (Å²) in [5.74, 6) is 2.63. The SMILES string of the molecule is Cc1ccc(-c2nc3c(C)cccn3c2CC(=O)NC23CC4CC(CC(C4)C2)C3)cc1C. The second kappa shape index (κ2) is 7.19. The average Bonchev–Trinajstić information content (AvgIpc) is 3.08. The number of nitrogens with one attached hydrogen (secondary N) is 1.